The van der Waals surface area contributed by atoms with E-state index in [4.69, 9.17) is 0 Å². The van der Waals surface area contributed by atoms with Crippen molar-refractivity contribution in [2.45, 2.75) is 26.3 Å². The van der Waals surface area contributed by atoms with Crippen molar-refractivity contribution in [3.05, 3.63) is 76.8 Å². The highest BCUT2D eigenvalue weighted by atomic mass is 32.1. The van der Waals surface area contributed by atoms with E-state index in [1.807, 2.05) is 55.5 Å². The Morgan fingerprint density at radius 2 is 1.77 bits per heavy atom. The maximum Gasteiger partial charge on any atom is 0.281 e. The van der Waals surface area contributed by atoms with Crippen LogP contribution in [0.25, 0.3) is 10.6 Å². The van der Waals surface area contributed by atoms with E-state index >= 15 is 0 Å². The molecule has 1 aliphatic heterocycles. The minimum Gasteiger partial charge on any atom is -0.298 e. The van der Waals surface area contributed by atoms with Crippen LogP contribution in [0.5, 0.6) is 0 Å². The lowest BCUT2D eigenvalue weighted by Gasteiger charge is -2.32. The maximum atomic E-state index is 12.7. The van der Waals surface area contributed by atoms with Gasteiger partial charge in [-0.15, -0.1) is 11.3 Å². The van der Waals surface area contributed by atoms with Crippen molar-refractivity contribution in [1.29, 1.82) is 0 Å². The molecule has 7 heteroatoms. The van der Waals surface area contributed by atoms with Crippen molar-refractivity contribution in [2.75, 3.05) is 13.1 Å². The van der Waals surface area contributed by atoms with E-state index in [1.165, 1.54) is 16.9 Å². The number of nitrogens with one attached hydrogen (secondary N) is 2. The van der Waals surface area contributed by atoms with Gasteiger partial charge in [-0.05, 0) is 31.9 Å². The molecule has 0 aliphatic carbocycles. The molecule has 2 aromatic carbocycles. The van der Waals surface area contributed by atoms with Gasteiger partial charge in [0.05, 0.1) is 11.6 Å². The number of likely N-dealkylation sites (tertiary alicyclic amines) is 1. The van der Waals surface area contributed by atoms with Gasteiger partial charge in [0.15, 0.2) is 0 Å². The molecule has 1 aromatic heterocycles. The van der Waals surface area contributed by atoms with Crippen molar-refractivity contribution in [1.82, 2.24) is 20.7 Å². The summed E-state index contributed by atoms with van der Waals surface area (Å²) in [7, 11) is 0. The van der Waals surface area contributed by atoms with Crippen LogP contribution in [0, 0.1) is 12.8 Å². The Hall–Kier alpha value is -3.03. The van der Waals surface area contributed by atoms with Crippen LogP contribution in [0.3, 0.4) is 0 Å². The maximum absolute atomic E-state index is 12.7. The lowest BCUT2D eigenvalue weighted by atomic mass is 9.97. The molecule has 1 aliphatic rings. The molecule has 2 N–H and O–H groups in total. The minimum absolute atomic E-state index is 0.139. The summed E-state index contributed by atoms with van der Waals surface area (Å²) < 4.78 is 0. The molecule has 1 saturated heterocycles. The van der Waals surface area contributed by atoms with Gasteiger partial charge < -0.3 is 0 Å². The zero-order valence-electron chi connectivity index (χ0n) is 17.5. The number of hydrogen-bond donors (Lipinski definition) is 2. The number of hydrazine groups is 1. The van der Waals surface area contributed by atoms with Gasteiger partial charge in [-0.1, -0.05) is 60.7 Å². The summed E-state index contributed by atoms with van der Waals surface area (Å²) in [6.45, 7) is 4.31. The van der Waals surface area contributed by atoms with Crippen LogP contribution >= 0.6 is 11.3 Å². The molecule has 1 fully saturated rings. The highest BCUT2D eigenvalue weighted by Crippen LogP contribution is 2.27. The predicted octanol–water partition coefficient (Wildman–Crippen LogP) is 3.79. The van der Waals surface area contributed by atoms with Crippen LogP contribution in [0.2, 0.25) is 0 Å². The molecule has 0 radical (unpaired) electrons. The fraction of sp³-hybridized carbons (Fsp3) is 0.292. The summed E-state index contributed by atoms with van der Waals surface area (Å²) in [5, 5.41) is 0.790. The fourth-order valence-electron chi connectivity index (χ4n) is 3.84. The highest BCUT2D eigenvalue weighted by molar-refractivity contribution is 7.17. The lowest BCUT2D eigenvalue weighted by Crippen LogP contribution is -2.48. The van der Waals surface area contributed by atoms with Crippen molar-refractivity contribution in [3.8, 4) is 10.6 Å². The number of carbonyl (C=O) groups excluding carboxylic acids is 2. The second-order valence-corrected chi connectivity index (χ2v) is 8.80. The van der Waals surface area contributed by atoms with E-state index in [9.17, 15) is 9.59 Å². The zero-order chi connectivity index (χ0) is 21.6. The van der Waals surface area contributed by atoms with Crippen LogP contribution in [-0.2, 0) is 11.3 Å². The standard InChI is InChI=1S/C24H26N4O2S/c1-17-21(31-24(25-17)19-11-6-3-7-12-19)23(30)27-26-22(29)20-13-8-14-28(16-20)15-18-9-4-2-5-10-18/h2-7,9-12,20H,8,13-16H2,1H3,(H,26,29)(H,27,30). The quantitative estimate of drug-likeness (QED) is 0.599. The Bertz CT molecular complexity index is 1040. The fourth-order valence-corrected chi connectivity index (χ4v) is 4.81. The van der Waals surface area contributed by atoms with E-state index < -0.39 is 0 Å². The summed E-state index contributed by atoms with van der Waals surface area (Å²) in [6, 6.07) is 20.0. The summed E-state index contributed by atoms with van der Waals surface area (Å²) in [6.07, 6.45) is 1.79. The molecule has 0 saturated carbocycles. The summed E-state index contributed by atoms with van der Waals surface area (Å²) in [5.41, 5.74) is 8.07. The smallest absolute Gasteiger partial charge is 0.281 e. The van der Waals surface area contributed by atoms with Gasteiger partial charge in [0.25, 0.3) is 5.91 Å². The SMILES string of the molecule is Cc1nc(-c2ccccc2)sc1C(=O)NNC(=O)C1CCCN(Cc2ccccc2)C1. The number of thiazole rings is 1. The van der Waals surface area contributed by atoms with Crippen LogP contribution < -0.4 is 10.9 Å². The molecule has 4 rings (SSSR count). The second-order valence-electron chi connectivity index (χ2n) is 7.80. The van der Waals surface area contributed by atoms with Crippen LogP contribution in [0.1, 0.15) is 33.8 Å². The first-order valence-corrected chi connectivity index (χ1v) is 11.3. The molecular formula is C24H26N4O2S. The Labute approximate surface area is 186 Å². The van der Waals surface area contributed by atoms with E-state index in [2.05, 4.69) is 32.9 Å². The molecule has 6 nitrogen and oxygen atoms in total. The molecule has 1 atom stereocenters. The Balaban J connectivity index is 1.32. The van der Waals surface area contributed by atoms with E-state index in [-0.39, 0.29) is 17.7 Å². The van der Waals surface area contributed by atoms with E-state index in [0.717, 1.165) is 36.5 Å². The molecule has 3 aromatic rings. The number of nitrogens with zero attached hydrogens (tertiary/aromatic N) is 2. The second kappa shape index (κ2) is 9.85. The van der Waals surface area contributed by atoms with Gasteiger partial charge in [0, 0.05) is 18.7 Å². The van der Waals surface area contributed by atoms with Crippen molar-refractivity contribution >= 4 is 23.2 Å². The van der Waals surface area contributed by atoms with Crippen molar-refractivity contribution < 1.29 is 9.59 Å². The van der Waals surface area contributed by atoms with E-state index in [0.29, 0.717) is 17.1 Å². The first-order chi connectivity index (χ1) is 15.1. The average molecular weight is 435 g/mol. The average Bonchev–Trinajstić information content (AvgIpc) is 3.20. The Morgan fingerprint density at radius 1 is 1.06 bits per heavy atom. The molecule has 160 valence electrons. The molecule has 0 spiro atoms. The van der Waals surface area contributed by atoms with Gasteiger partial charge in [-0.3, -0.25) is 25.3 Å². The van der Waals surface area contributed by atoms with Gasteiger partial charge in [0.1, 0.15) is 9.88 Å². The topological polar surface area (TPSA) is 74.3 Å². The largest absolute Gasteiger partial charge is 0.298 e. The monoisotopic (exact) mass is 434 g/mol. The highest BCUT2D eigenvalue weighted by Gasteiger charge is 2.26. The van der Waals surface area contributed by atoms with Gasteiger partial charge in [-0.2, -0.15) is 0 Å². The first kappa shape index (κ1) is 21.2. The third-order valence-electron chi connectivity index (χ3n) is 5.45. The van der Waals surface area contributed by atoms with Crippen LogP contribution in [0.4, 0.5) is 0 Å². The minimum atomic E-state index is -0.331. The Kier molecular flexibility index (Phi) is 6.74. The van der Waals surface area contributed by atoms with Gasteiger partial charge >= 0.3 is 0 Å². The summed E-state index contributed by atoms with van der Waals surface area (Å²) in [5.74, 6) is -0.612. The number of carbonyl (C=O) groups is 2. The van der Waals surface area contributed by atoms with Gasteiger partial charge in [-0.25, -0.2) is 4.98 Å². The first-order valence-electron chi connectivity index (χ1n) is 10.5. The number of hydrogen-bond acceptors (Lipinski definition) is 5. The molecule has 0 bridgehead atoms. The molecule has 31 heavy (non-hydrogen) atoms. The molecule has 1 unspecified atom stereocenters. The molecule has 2 amide bonds. The lowest BCUT2D eigenvalue weighted by molar-refractivity contribution is -0.127. The van der Waals surface area contributed by atoms with Crippen LogP contribution in [-0.4, -0.2) is 34.8 Å². The zero-order valence-corrected chi connectivity index (χ0v) is 18.3. The predicted molar refractivity (Wildman–Crippen MR) is 122 cm³/mol. The van der Waals surface area contributed by atoms with E-state index in [1.54, 1.807) is 0 Å². The van der Waals surface area contributed by atoms with Crippen molar-refractivity contribution in [2.24, 2.45) is 5.92 Å². The Morgan fingerprint density at radius 3 is 2.52 bits per heavy atom. The summed E-state index contributed by atoms with van der Waals surface area (Å²) in [4.78, 5) is 32.6. The number of benzene rings is 2. The number of aromatic nitrogens is 1. The number of aryl methyl sites for hydroxylation is 1. The number of amides is 2. The summed E-state index contributed by atoms with van der Waals surface area (Å²) >= 11 is 1.33. The van der Waals surface area contributed by atoms with Crippen LogP contribution in [0.15, 0.2) is 60.7 Å². The third kappa shape index (κ3) is 5.37. The molecule has 2 heterocycles. The number of piperidine rings is 1. The molecular weight excluding hydrogens is 408 g/mol. The third-order valence-corrected chi connectivity index (χ3v) is 6.65. The van der Waals surface area contributed by atoms with Gasteiger partial charge in [0.2, 0.25) is 5.91 Å². The van der Waals surface area contributed by atoms with Crippen molar-refractivity contribution in [3.63, 3.8) is 0 Å². The number of rotatable bonds is 5. The normalized spacial score (nSPS) is 16.6.